The van der Waals surface area contributed by atoms with Crippen molar-refractivity contribution < 1.29 is 33.8 Å². The maximum absolute atomic E-state index is 14.3. The van der Waals surface area contributed by atoms with Crippen molar-refractivity contribution in [1.29, 1.82) is 0 Å². The minimum absolute atomic E-state index is 0.0609. The summed E-state index contributed by atoms with van der Waals surface area (Å²) in [7, 11) is 0. The molecule has 1 aliphatic carbocycles. The van der Waals surface area contributed by atoms with Crippen molar-refractivity contribution in [2.24, 2.45) is 5.92 Å². The van der Waals surface area contributed by atoms with E-state index in [4.69, 9.17) is 14.5 Å². The maximum Gasteiger partial charge on any atom is 0.407 e. The van der Waals surface area contributed by atoms with E-state index >= 15 is 0 Å². The van der Waals surface area contributed by atoms with Crippen molar-refractivity contribution in [2.45, 2.75) is 101 Å². The van der Waals surface area contributed by atoms with Gasteiger partial charge in [0.2, 0.25) is 11.8 Å². The Hall–Kier alpha value is -4.93. The molecule has 3 aliphatic rings. The van der Waals surface area contributed by atoms with Gasteiger partial charge < -0.3 is 30.1 Å². The summed E-state index contributed by atoms with van der Waals surface area (Å²) in [6.07, 6.45) is 8.02. The molecule has 2 aromatic carbocycles. The highest BCUT2D eigenvalue weighted by atomic mass is 16.5. The predicted octanol–water partition coefficient (Wildman–Crippen LogP) is 6.19. The quantitative estimate of drug-likeness (QED) is 0.237. The van der Waals surface area contributed by atoms with Crippen LogP contribution in [-0.4, -0.2) is 75.7 Å². The number of cyclic esters (lactones) is 1. The van der Waals surface area contributed by atoms with E-state index in [-0.39, 0.29) is 26.0 Å². The van der Waals surface area contributed by atoms with Crippen LogP contribution >= 0.6 is 0 Å². The van der Waals surface area contributed by atoms with Crippen LogP contribution in [0.4, 0.5) is 4.79 Å². The largest absolute Gasteiger partial charge is 0.488 e. The number of alkyl carbamates (subject to hydrolysis) is 1. The molecule has 0 spiro atoms. The zero-order chi connectivity index (χ0) is 36.0. The molecule has 11 heteroatoms. The molecule has 1 saturated carbocycles. The van der Waals surface area contributed by atoms with Crippen LogP contribution in [0.15, 0.2) is 67.3 Å². The van der Waals surface area contributed by atoms with Crippen LogP contribution < -0.4 is 15.4 Å². The van der Waals surface area contributed by atoms with Crippen molar-refractivity contribution in [2.75, 3.05) is 13.2 Å². The standard InChI is InChI=1S/C40H48N4O7/c1-3-5-17-32-37(46)44-25-29(22-34(44)36(45)43-40(38(47)48)24-28(40)4-2)51-35-23-33(27-15-11-9-12-16-27)41-31-19-18-26(21-30(31)35)14-10-7-6-8-13-20-50-39(49)42-32/h4,9,11-12,15-16,18-19,21,23,28-29,32,34H,2-3,5-8,10,13-14,17,20,22,24-25H2,1H3,(H,42,49)(H,43,45)(H,47,48)/t28-,29?,32-,34-,40+/m0/s1. The molecule has 6 rings (SSSR count). The first-order chi connectivity index (χ1) is 24.7. The van der Waals surface area contributed by atoms with Gasteiger partial charge >= 0.3 is 12.1 Å². The number of rotatable bonds is 8. The van der Waals surface area contributed by atoms with E-state index in [1.807, 2.05) is 49.4 Å². The number of amides is 3. The molecule has 1 unspecified atom stereocenters. The number of carbonyl (C=O) groups excluding carboxylic acids is 3. The number of fused-ring (bicyclic) bond motifs is 3. The van der Waals surface area contributed by atoms with Crippen LogP contribution in [0.2, 0.25) is 0 Å². The number of nitrogens with zero attached hydrogens (tertiary/aromatic N) is 2. The zero-order valence-electron chi connectivity index (χ0n) is 29.3. The van der Waals surface area contributed by atoms with Gasteiger partial charge in [0, 0.05) is 29.4 Å². The van der Waals surface area contributed by atoms with Gasteiger partial charge in [-0.25, -0.2) is 14.6 Å². The SMILES string of the molecule is C=C[C@H]1C[C@]1(NC(=O)[C@@H]1CC2CN1C(=O)[C@H](CCCC)NC(=O)OCCCCCCCc1ccc3nc(-c4ccccc4)cc(c3c1)O2)C(=O)O. The number of pyridine rings is 1. The molecule has 51 heavy (non-hydrogen) atoms. The Morgan fingerprint density at radius 3 is 2.63 bits per heavy atom. The number of aromatic nitrogens is 1. The highest BCUT2D eigenvalue weighted by molar-refractivity contribution is 5.96. The molecule has 3 aromatic rings. The maximum atomic E-state index is 14.3. The van der Waals surface area contributed by atoms with Crippen LogP contribution in [0, 0.1) is 5.92 Å². The first-order valence-electron chi connectivity index (χ1n) is 18.3. The van der Waals surface area contributed by atoms with Gasteiger partial charge in [-0.2, -0.15) is 0 Å². The topological polar surface area (TPSA) is 147 Å². The predicted molar refractivity (Wildman–Crippen MR) is 193 cm³/mol. The number of hydrogen-bond acceptors (Lipinski definition) is 7. The minimum atomic E-state index is -1.47. The third-order valence-electron chi connectivity index (χ3n) is 10.4. The van der Waals surface area contributed by atoms with Gasteiger partial charge in [0.1, 0.15) is 29.5 Å². The highest BCUT2D eigenvalue weighted by Crippen LogP contribution is 2.45. The fourth-order valence-corrected chi connectivity index (χ4v) is 7.30. The monoisotopic (exact) mass is 696 g/mol. The smallest absolute Gasteiger partial charge is 0.407 e. The van der Waals surface area contributed by atoms with Crippen molar-refractivity contribution in [1.82, 2.24) is 20.5 Å². The van der Waals surface area contributed by atoms with Gasteiger partial charge in [-0.1, -0.05) is 81.5 Å². The van der Waals surface area contributed by atoms with Gasteiger partial charge in [0.25, 0.3) is 0 Å². The number of aliphatic carboxylic acids is 1. The summed E-state index contributed by atoms with van der Waals surface area (Å²) in [5, 5.41) is 16.4. The molecule has 5 atom stereocenters. The molecule has 3 heterocycles. The van der Waals surface area contributed by atoms with Crippen molar-refractivity contribution in [3.63, 3.8) is 0 Å². The Morgan fingerprint density at radius 2 is 1.88 bits per heavy atom. The lowest BCUT2D eigenvalue weighted by Gasteiger charge is -2.29. The molecule has 1 aromatic heterocycles. The van der Waals surface area contributed by atoms with E-state index in [0.29, 0.717) is 18.6 Å². The van der Waals surface area contributed by atoms with E-state index in [9.17, 15) is 24.3 Å². The summed E-state index contributed by atoms with van der Waals surface area (Å²) < 4.78 is 12.2. The Bertz CT molecular complexity index is 1760. The number of nitrogens with one attached hydrogen (secondary N) is 2. The Kier molecular flexibility index (Phi) is 11.2. The van der Waals surface area contributed by atoms with E-state index in [0.717, 1.165) is 72.7 Å². The molecule has 4 bridgehead atoms. The molecule has 3 N–H and O–H groups in total. The Morgan fingerprint density at radius 1 is 1.10 bits per heavy atom. The number of benzene rings is 2. The third kappa shape index (κ3) is 8.18. The molecule has 2 aliphatic heterocycles. The van der Waals surface area contributed by atoms with Crippen molar-refractivity contribution >= 4 is 34.8 Å². The van der Waals surface area contributed by atoms with E-state index in [1.54, 1.807) is 0 Å². The lowest BCUT2D eigenvalue weighted by atomic mass is 10.0. The van der Waals surface area contributed by atoms with Crippen LogP contribution in [0.5, 0.6) is 5.75 Å². The summed E-state index contributed by atoms with van der Waals surface area (Å²) in [4.78, 5) is 59.9. The molecule has 0 radical (unpaired) electrons. The number of carboxylic acid groups (broad SMARTS) is 1. The summed E-state index contributed by atoms with van der Waals surface area (Å²) in [5.74, 6) is -1.99. The number of ether oxygens (including phenoxy) is 2. The Balaban J connectivity index is 1.37. The highest BCUT2D eigenvalue weighted by Gasteiger charge is 2.61. The van der Waals surface area contributed by atoms with Crippen LogP contribution in [-0.2, 0) is 25.5 Å². The molecule has 1 saturated heterocycles. The lowest BCUT2D eigenvalue weighted by molar-refractivity contribution is -0.145. The fraction of sp³-hybridized carbons (Fsp3) is 0.475. The summed E-state index contributed by atoms with van der Waals surface area (Å²) in [5.41, 5.74) is 2.12. The van der Waals surface area contributed by atoms with Crippen LogP contribution in [0.25, 0.3) is 22.2 Å². The number of hydrogen-bond donors (Lipinski definition) is 3. The van der Waals surface area contributed by atoms with Gasteiger partial charge in [-0.3, -0.25) is 9.59 Å². The van der Waals surface area contributed by atoms with Crippen molar-refractivity contribution in [3.8, 4) is 17.0 Å². The first kappa shape index (κ1) is 35.9. The number of carbonyl (C=O) groups is 4. The second-order valence-electron chi connectivity index (χ2n) is 14.0. The second-order valence-corrected chi connectivity index (χ2v) is 14.0. The Labute approximate surface area is 298 Å². The second kappa shape index (κ2) is 16.0. The first-order valence-corrected chi connectivity index (χ1v) is 18.3. The van der Waals surface area contributed by atoms with Crippen LogP contribution in [0.3, 0.4) is 0 Å². The number of aryl methyl sites for hydroxylation is 1. The van der Waals surface area contributed by atoms with Gasteiger partial charge in [-0.05, 0) is 49.8 Å². The van der Waals surface area contributed by atoms with E-state index in [1.165, 1.54) is 11.0 Å². The third-order valence-corrected chi connectivity index (χ3v) is 10.4. The number of unbranched alkanes of at least 4 members (excludes halogenated alkanes) is 1. The summed E-state index contributed by atoms with van der Waals surface area (Å²) >= 11 is 0. The van der Waals surface area contributed by atoms with Crippen LogP contribution in [0.1, 0.15) is 76.7 Å². The molecule has 11 nitrogen and oxygen atoms in total. The average Bonchev–Trinajstić information content (AvgIpc) is 3.70. The molecule has 3 amide bonds. The summed E-state index contributed by atoms with van der Waals surface area (Å²) in [6, 6.07) is 16.0. The summed E-state index contributed by atoms with van der Waals surface area (Å²) in [6.45, 7) is 6.04. The lowest BCUT2D eigenvalue weighted by Crippen LogP contribution is -2.56. The normalized spacial score (nSPS) is 25.7. The fourth-order valence-electron chi connectivity index (χ4n) is 7.30. The molecule has 270 valence electrons. The van der Waals surface area contributed by atoms with Gasteiger partial charge in [0.05, 0.1) is 24.4 Å². The minimum Gasteiger partial charge on any atom is -0.488 e. The van der Waals surface area contributed by atoms with Gasteiger partial charge in [-0.15, -0.1) is 6.58 Å². The molecule has 2 fully saturated rings. The molecular formula is C40H48N4O7. The average molecular weight is 697 g/mol. The molecular weight excluding hydrogens is 648 g/mol. The van der Waals surface area contributed by atoms with Gasteiger partial charge in [0.15, 0.2) is 0 Å². The van der Waals surface area contributed by atoms with E-state index in [2.05, 4.69) is 29.3 Å². The zero-order valence-corrected chi connectivity index (χ0v) is 29.3. The number of carboxylic acids is 1. The van der Waals surface area contributed by atoms with E-state index < -0.39 is 53.5 Å². The van der Waals surface area contributed by atoms with Crippen molar-refractivity contribution in [3.05, 3.63) is 72.8 Å².